The number of nitrogens with two attached hydrogens (primary N) is 1. The number of aliphatic hydroxyl groups is 1. The Hall–Kier alpha value is -1.31. The highest BCUT2D eigenvalue weighted by atomic mass is 32.2. The Bertz CT molecular complexity index is 556. The fourth-order valence-corrected chi connectivity index (χ4v) is 2.61. The lowest BCUT2D eigenvalue weighted by molar-refractivity contribution is 0.0697. The molecule has 0 saturated heterocycles. The van der Waals surface area contributed by atoms with Crippen LogP contribution in [0.25, 0.3) is 0 Å². The third-order valence-electron chi connectivity index (χ3n) is 3.09. The maximum absolute atomic E-state index is 11.9. The van der Waals surface area contributed by atoms with E-state index >= 15 is 0 Å². The van der Waals surface area contributed by atoms with Gasteiger partial charge < -0.3 is 16.2 Å². The van der Waals surface area contributed by atoms with Gasteiger partial charge in [-0.3, -0.25) is 0 Å². The molecule has 20 heavy (non-hydrogen) atoms. The highest BCUT2D eigenvalue weighted by molar-refractivity contribution is 7.89. The van der Waals surface area contributed by atoms with E-state index in [1.165, 1.54) is 18.2 Å². The van der Waals surface area contributed by atoms with Crippen molar-refractivity contribution in [2.75, 3.05) is 24.1 Å². The van der Waals surface area contributed by atoms with Gasteiger partial charge >= 0.3 is 0 Å². The molecule has 7 heteroatoms. The minimum atomic E-state index is -3.52. The van der Waals surface area contributed by atoms with Crippen LogP contribution in [-0.2, 0) is 10.0 Å². The van der Waals surface area contributed by atoms with E-state index in [9.17, 15) is 13.5 Å². The summed E-state index contributed by atoms with van der Waals surface area (Å²) >= 11 is 0. The van der Waals surface area contributed by atoms with Gasteiger partial charge in [-0.1, -0.05) is 13.8 Å². The van der Waals surface area contributed by atoms with E-state index in [1.54, 1.807) is 13.8 Å². The Labute approximate surface area is 120 Å². The van der Waals surface area contributed by atoms with Crippen LogP contribution in [0.1, 0.15) is 27.2 Å². The number of hydrogen-bond acceptors (Lipinski definition) is 5. The third-order valence-corrected chi connectivity index (χ3v) is 4.63. The summed E-state index contributed by atoms with van der Waals surface area (Å²) < 4.78 is 26.3. The fourth-order valence-electron chi connectivity index (χ4n) is 1.54. The first-order valence-corrected chi connectivity index (χ1v) is 8.05. The van der Waals surface area contributed by atoms with Crippen molar-refractivity contribution in [1.29, 1.82) is 0 Å². The standard InChI is InChI=1S/C13H23N3O3S/c1-4-13(3,17)9-15-12-8-10(6-7-11(12)14)20(18,19)16-5-2/h6-8,15-17H,4-5,9,14H2,1-3H3. The number of sulfonamides is 1. The normalized spacial score (nSPS) is 14.8. The van der Waals surface area contributed by atoms with Crippen LogP contribution < -0.4 is 15.8 Å². The molecule has 1 aromatic rings. The van der Waals surface area contributed by atoms with E-state index in [1.807, 2.05) is 6.92 Å². The number of nitrogens with one attached hydrogen (secondary N) is 2. The number of nitrogen functional groups attached to an aromatic ring is 1. The molecule has 0 radical (unpaired) electrons. The molecular formula is C13H23N3O3S. The van der Waals surface area contributed by atoms with E-state index in [4.69, 9.17) is 5.73 Å². The Morgan fingerprint density at radius 2 is 2.00 bits per heavy atom. The van der Waals surface area contributed by atoms with Crippen molar-refractivity contribution in [3.05, 3.63) is 18.2 Å². The van der Waals surface area contributed by atoms with Crippen LogP contribution in [0, 0.1) is 0 Å². The molecule has 0 bridgehead atoms. The quantitative estimate of drug-likeness (QED) is 0.565. The largest absolute Gasteiger partial charge is 0.397 e. The Kier molecular flexibility index (Phi) is 5.38. The molecule has 0 spiro atoms. The van der Waals surface area contributed by atoms with Gasteiger partial charge in [0.2, 0.25) is 10.0 Å². The van der Waals surface area contributed by atoms with Crippen LogP contribution in [-0.4, -0.2) is 32.2 Å². The van der Waals surface area contributed by atoms with Crippen LogP contribution >= 0.6 is 0 Å². The van der Waals surface area contributed by atoms with Gasteiger partial charge in [0.05, 0.1) is 21.9 Å². The highest BCUT2D eigenvalue weighted by Crippen LogP contribution is 2.23. The van der Waals surface area contributed by atoms with Crippen LogP contribution in [0.3, 0.4) is 0 Å². The summed E-state index contributed by atoms with van der Waals surface area (Å²) in [5, 5.41) is 12.9. The molecule has 6 nitrogen and oxygen atoms in total. The van der Waals surface area contributed by atoms with Crippen LogP contribution in [0.5, 0.6) is 0 Å². The lowest BCUT2D eigenvalue weighted by atomic mass is 10.0. The minimum Gasteiger partial charge on any atom is -0.397 e. The summed E-state index contributed by atoms with van der Waals surface area (Å²) in [4.78, 5) is 0.146. The lowest BCUT2D eigenvalue weighted by Gasteiger charge is -2.23. The fraction of sp³-hybridized carbons (Fsp3) is 0.538. The molecule has 114 valence electrons. The molecule has 0 aromatic heterocycles. The monoisotopic (exact) mass is 301 g/mol. The highest BCUT2D eigenvalue weighted by Gasteiger charge is 2.19. The summed E-state index contributed by atoms with van der Waals surface area (Å²) in [7, 11) is -3.52. The summed E-state index contributed by atoms with van der Waals surface area (Å²) in [5.41, 5.74) is 5.88. The summed E-state index contributed by atoms with van der Waals surface area (Å²) in [6.45, 7) is 5.90. The second kappa shape index (κ2) is 6.43. The van der Waals surface area contributed by atoms with Crippen molar-refractivity contribution >= 4 is 21.4 Å². The van der Waals surface area contributed by atoms with Gasteiger partial charge in [0.15, 0.2) is 0 Å². The predicted molar refractivity (Wildman–Crippen MR) is 81.1 cm³/mol. The zero-order valence-electron chi connectivity index (χ0n) is 12.1. The minimum absolute atomic E-state index is 0.146. The van der Waals surface area contributed by atoms with Crippen molar-refractivity contribution < 1.29 is 13.5 Å². The molecule has 0 saturated carbocycles. The summed E-state index contributed by atoms with van der Waals surface area (Å²) in [5.74, 6) is 0. The Morgan fingerprint density at radius 1 is 1.35 bits per heavy atom. The van der Waals surface area contributed by atoms with Crippen LogP contribution in [0.2, 0.25) is 0 Å². The van der Waals surface area contributed by atoms with Crippen molar-refractivity contribution in [1.82, 2.24) is 4.72 Å². The Balaban J connectivity index is 2.98. The van der Waals surface area contributed by atoms with Gasteiger partial charge in [-0.15, -0.1) is 0 Å². The molecule has 1 aromatic carbocycles. The van der Waals surface area contributed by atoms with E-state index in [0.717, 1.165) is 0 Å². The van der Waals surface area contributed by atoms with Crippen molar-refractivity contribution in [2.45, 2.75) is 37.7 Å². The molecule has 0 heterocycles. The maximum Gasteiger partial charge on any atom is 0.240 e. The Morgan fingerprint density at radius 3 is 2.55 bits per heavy atom. The third kappa shape index (κ3) is 4.36. The molecule has 0 aliphatic rings. The van der Waals surface area contributed by atoms with Gasteiger partial charge in [-0.2, -0.15) is 0 Å². The van der Waals surface area contributed by atoms with Crippen LogP contribution in [0.4, 0.5) is 11.4 Å². The van der Waals surface area contributed by atoms with Crippen molar-refractivity contribution in [3.8, 4) is 0 Å². The predicted octanol–water partition coefficient (Wildman–Crippen LogP) is 1.14. The molecule has 1 unspecified atom stereocenters. The number of rotatable bonds is 7. The summed E-state index contributed by atoms with van der Waals surface area (Å²) in [6, 6.07) is 4.46. The average Bonchev–Trinajstić information content (AvgIpc) is 2.37. The van der Waals surface area contributed by atoms with Crippen molar-refractivity contribution in [3.63, 3.8) is 0 Å². The molecule has 0 aliphatic heterocycles. The first kappa shape index (κ1) is 16.7. The molecule has 0 fully saturated rings. The van der Waals surface area contributed by atoms with E-state index < -0.39 is 15.6 Å². The topological polar surface area (TPSA) is 104 Å². The van der Waals surface area contributed by atoms with Gasteiger partial charge in [0.1, 0.15) is 0 Å². The smallest absolute Gasteiger partial charge is 0.240 e. The van der Waals surface area contributed by atoms with E-state index in [2.05, 4.69) is 10.0 Å². The molecule has 0 amide bonds. The van der Waals surface area contributed by atoms with Gasteiger partial charge in [0, 0.05) is 13.1 Å². The maximum atomic E-state index is 11.9. The first-order chi connectivity index (χ1) is 9.22. The van der Waals surface area contributed by atoms with Crippen molar-refractivity contribution in [2.24, 2.45) is 0 Å². The van der Waals surface area contributed by atoms with Gasteiger partial charge in [-0.25, -0.2) is 13.1 Å². The number of hydrogen-bond donors (Lipinski definition) is 4. The van der Waals surface area contributed by atoms with Crippen LogP contribution in [0.15, 0.2) is 23.1 Å². The van der Waals surface area contributed by atoms with E-state index in [0.29, 0.717) is 30.9 Å². The van der Waals surface area contributed by atoms with E-state index in [-0.39, 0.29) is 4.90 Å². The lowest BCUT2D eigenvalue weighted by Crippen LogP contribution is -2.32. The van der Waals surface area contributed by atoms with Gasteiger partial charge in [0.25, 0.3) is 0 Å². The number of benzene rings is 1. The first-order valence-electron chi connectivity index (χ1n) is 6.57. The SMILES string of the molecule is CCNS(=O)(=O)c1ccc(N)c(NCC(C)(O)CC)c1. The summed E-state index contributed by atoms with van der Waals surface area (Å²) in [6.07, 6.45) is 0.579. The zero-order chi connectivity index (χ0) is 15.4. The second-order valence-corrected chi connectivity index (χ2v) is 6.72. The molecule has 0 aliphatic carbocycles. The average molecular weight is 301 g/mol. The van der Waals surface area contributed by atoms with Gasteiger partial charge in [-0.05, 0) is 31.5 Å². The molecule has 5 N–H and O–H groups in total. The second-order valence-electron chi connectivity index (χ2n) is 4.95. The molecular weight excluding hydrogens is 278 g/mol. The molecule has 1 atom stereocenters. The zero-order valence-corrected chi connectivity index (χ0v) is 12.9. The number of anilines is 2. The molecule has 1 rings (SSSR count).